The summed E-state index contributed by atoms with van der Waals surface area (Å²) < 4.78 is 27.6. The molecule has 1 atom stereocenters. The van der Waals surface area contributed by atoms with Crippen LogP contribution in [0.4, 0.5) is 0 Å². The van der Waals surface area contributed by atoms with Crippen LogP contribution in [0.25, 0.3) is 10.9 Å². The van der Waals surface area contributed by atoms with Crippen molar-refractivity contribution in [3.63, 3.8) is 0 Å². The van der Waals surface area contributed by atoms with Crippen molar-refractivity contribution in [2.75, 3.05) is 32.7 Å². The molecule has 2 aliphatic rings. The molecule has 2 saturated heterocycles. The van der Waals surface area contributed by atoms with E-state index in [0.717, 1.165) is 16.5 Å². The fraction of sp³-hybridized carbons (Fsp3) is 0.391. The molecule has 0 spiro atoms. The Balaban J connectivity index is 1.21. The number of benzene rings is 1. The predicted octanol–water partition coefficient (Wildman–Crippen LogP) is 2.30. The fourth-order valence-corrected chi connectivity index (χ4v) is 7.51. The molecule has 0 radical (unpaired) electrons. The number of H-pyrrole nitrogens is 1. The normalized spacial score (nSPS) is 19.9. The zero-order chi connectivity index (χ0) is 23.0. The van der Waals surface area contributed by atoms with Crippen molar-refractivity contribution in [3.05, 3.63) is 53.5 Å². The number of amides is 2. The summed E-state index contributed by atoms with van der Waals surface area (Å²) in [6, 6.07) is 10.5. The fourth-order valence-electron chi connectivity index (χ4n) is 4.74. The molecular formula is C23H26N4O4S2. The van der Waals surface area contributed by atoms with E-state index < -0.39 is 16.1 Å². The Morgan fingerprint density at radius 3 is 2.52 bits per heavy atom. The number of fused-ring (bicyclic) bond motifs is 1. The summed E-state index contributed by atoms with van der Waals surface area (Å²) in [6.45, 7) is 2.11. The van der Waals surface area contributed by atoms with Crippen LogP contribution in [0.3, 0.4) is 0 Å². The lowest BCUT2D eigenvalue weighted by atomic mass is 10.1. The second-order valence-corrected chi connectivity index (χ2v) is 11.5. The van der Waals surface area contributed by atoms with Crippen molar-refractivity contribution >= 4 is 44.1 Å². The van der Waals surface area contributed by atoms with Gasteiger partial charge in [0.1, 0.15) is 10.3 Å². The van der Waals surface area contributed by atoms with Gasteiger partial charge in [-0.15, -0.1) is 11.3 Å². The van der Waals surface area contributed by atoms with Crippen molar-refractivity contribution < 1.29 is 18.0 Å². The zero-order valence-corrected chi connectivity index (χ0v) is 19.8. The number of aromatic amines is 1. The summed E-state index contributed by atoms with van der Waals surface area (Å²) >= 11 is 1.17. The van der Waals surface area contributed by atoms with Gasteiger partial charge in [-0.25, -0.2) is 8.42 Å². The highest BCUT2D eigenvalue weighted by Gasteiger charge is 2.42. The first-order valence-electron chi connectivity index (χ1n) is 11.1. The number of sulfonamides is 1. The molecule has 33 heavy (non-hydrogen) atoms. The van der Waals surface area contributed by atoms with Crippen LogP contribution in [0.5, 0.6) is 0 Å². The number of piperazine rings is 1. The smallest absolute Gasteiger partial charge is 0.253 e. The van der Waals surface area contributed by atoms with Gasteiger partial charge in [-0.2, -0.15) is 4.31 Å². The zero-order valence-electron chi connectivity index (χ0n) is 18.1. The summed E-state index contributed by atoms with van der Waals surface area (Å²) in [4.78, 5) is 32.8. The molecule has 2 amide bonds. The van der Waals surface area contributed by atoms with Crippen LogP contribution in [0, 0.1) is 0 Å². The van der Waals surface area contributed by atoms with Crippen molar-refractivity contribution in [2.45, 2.75) is 29.5 Å². The first kappa shape index (κ1) is 22.1. The molecule has 4 heterocycles. The number of para-hydroxylation sites is 1. The third-order valence-corrected chi connectivity index (χ3v) is 9.79. The van der Waals surface area contributed by atoms with Gasteiger partial charge in [-0.1, -0.05) is 24.3 Å². The van der Waals surface area contributed by atoms with Crippen LogP contribution in [0.2, 0.25) is 0 Å². The second-order valence-electron chi connectivity index (χ2n) is 8.45. The highest BCUT2D eigenvalue weighted by atomic mass is 32.2. The average molecular weight is 487 g/mol. The van der Waals surface area contributed by atoms with Gasteiger partial charge in [0.2, 0.25) is 11.8 Å². The largest absolute Gasteiger partial charge is 0.361 e. The van der Waals surface area contributed by atoms with E-state index in [1.165, 1.54) is 15.6 Å². The number of rotatable bonds is 5. The minimum atomic E-state index is -3.66. The quantitative estimate of drug-likeness (QED) is 0.599. The van der Waals surface area contributed by atoms with E-state index in [9.17, 15) is 18.0 Å². The van der Waals surface area contributed by atoms with Gasteiger partial charge < -0.3 is 14.8 Å². The molecule has 1 N–H and O–H groups in total. The number of nitrogens with zero attached hydrogens (tertiary/aromatic N) is 3. The summed E-state index contributed by atoms with van der Waals surface area (Å²) in [5, 5.41) is 2.78. The molecule has 2 aliphatic heterocycles. The van der Waals surface area contributed by atoms with Crippen molar-refractivity contribution in [1.82, 2.24) is 19.1 Å². The lowest BCUT2D eigenvalue weighted by Crippen LogP contribution is -2.55. The minimum Gasteiger partial charge on any atom is -0.361 e. The maximum atomic E-state index is 13.2. The Hall–Kier alpha value is -2.69. The summed E-state index contributed by atoms with van der Waals surface area (Å²) in [5.41, 5.74) is 1.98. The van der Waals surface area contributed by atoms with Gasteiger partial charge in [0.05, 0.1) is 6.42 Å². The number of nitrogens with one attached hydrogen (secondary N) is 1. The van der Waals surface area contributed by atoms with Gasteiger partial charge in [0.15, 0.2) is 0 Å². The maximum Gasteiger partial charge on any atom is 0.253 e. The molecule has 0 saturated carbocycles. The maximum absolute atomic E-state index is 13.2. The third-order valence-electron chi connectivity index (χ3n) is 6.51. The Morgan fingerprint density at radius 1 is 1.00 bits per heavy atom. The van der Waals surface area contributed by atoms with Crippen LogP contribution in [-0.2, 0) is 26.0 Å². The van der Waals surface area contributed by atoms with Crippen molar-refractivity contribution in [1.29, 1.82) is 0 Å². The lowest BCUT2D eigenvalue weighted by Gasteiger charge is -2.37. The van der Waals surface area contributed by atoms with E-state index >= 15 is 0 Å². The molecule has 0 aliphatic carbocycles. The predicted molar refractivity (Wildman–Crippen MR) is 126 cm³/mol. The second kappa shape index (κ2) is 8.92. The van der Waals surface area contributed by atoms with Crippen molar-refractivity contribution in [2.24, 2.45) is 0 Å². The van der Waals surface area contributed by atoms with E-state index in [1.54, 1.807) is 27.3 Å². The number of thiophene rings is 1. The van der Waals surface area contributed by atoms with E-state index in [4.69, 9.17) is 0 Å². The molecule has 1 unspecified atom stereocenters. The SMILES string of the molecule is O=C(Cc1c[nH]c2ccccc12)N1CCN(C(=O)C2CCCN2S(=O)(=O)c2cccs2)CC1. The van der Waals surface area contributed by atoms with Crippen LogP contribution >= 0.6 is 11.3 Å². The van der Waals surface area contributed by atoms with Gasteiger partial charge in [0.25, 0.3) is 10.0 Å². The molecular weight excluding hydrogens is 460 g/mol. The summed E-state index contributed by atoms with van der Waals surface area (Å²) in [6.07, 6.45) is 3.39. The number of carbonyl (C=O) groups is 2. The average Bonchev–Trinajstić information content (AvgIpc) is 3.60. The number of hydrogen-bond donors (Lipinski definition) is 1. The Labute approximate surface area is 196 Å². The highest BCUT2D eigenvalue weighted by molar-refractivity contribution is 7.91. The topological polar surface area (TPSA) is 93.8 Å². The van der Waals surface area contributed by atoms with Crippen LogP contribution in [0.1, 0.15) is 18.4 Å². The highest BCUT2D eigenvalue weighted by Crippen LogP contribution is 2.29. The molecule has 1 aromatic carbocycles. The van der Waals surface area contributed by atoms with Gasteiger partial charge in [-0.05, 0) is 35.9 Å². The Morgan fingerprint density at radius 2 is 1.76 bits per heavy atom. The van der Waals surface area contributed by atoms with Crippen LogP contribution < -0.4 is 0 Å². The monoisotopic (exact) mass is 486 g/mol. The number of carbonyl (C=O) groups excluding carboxylic acids is 2. The summed E-state index contributed by atoms with van der Waals surface area (Å²) in [7, 11) is -3.66. The molecule has 174 valence electrons. The van der Waals surface area contributed by atoms with E-state index in [1.807, 2.05) is 30.5 Å². The molecule has 2 fully saturated rings. The van der Waals surface area contributed by atoms with Gasteiger partial charge >= 0.3 is 0 Å². The third kappa shape index (κ3) is 4.18. The van der Waals surface area contributed by atoms with E-state index in [0.29, 0.717) is 52.0 Å². The molecule has 10 heteroatoms. The van der Waals surface area contributed by atoms with Crippen LogP contribution in [0.15, 0.2) is 52.2 Å². The Kier molecular flexibility index (Phi) is 5.98. The summed E-state index contributed by atoms with van der Waals surface area (Å²) in [5.74, 6) is -0.119. The molecule has 5 rings (SSSR count). The Bertz CT molecular complexity index is 1260. The first-order chi connectivity index (χ1) is 15.9. The minimum absolute atomic E-state index is 0.0367. The number of hydrogen-bond acceptors (Lipinski definition) is 5. The van der Waals surface area contributed by atoms with Gasteiger partial charge in [-0.3, -0.25) is 9.59 Å². The molecule has 2 aromatic heterocycles. The van der Waals surface area contributed by atoms with E-state index in [-0.39, 0.29) is 16.0 Å². The van der Waals surface area contributed by atoms with Crippen molar-refractivity contribution in [3.8, 4) is 0 Å². The first-order valence-corrected chi connectivity index (χ1v) is 13.4. The van der Waals surface area contributed by atoms with Gasteiger partial charge in [0, 0.05) is 49.8 Å². The van der Waals surface area contributed by atoms with E-state index in [2.05, 4.69) is 4.98 Å². The number of aromatic nitrogens is 1. The molecule has 0 bridgehead atoms. The molecule has 8 nitrogen and oxygen atoms in total. The lowest BCUT2D eigenvalue weighted by molar-refractivity contribution is -0.141. The molecule has 3 aromatic rings. The standard InChI is InChI=1S/C23H26N4O4S2/c28-21(15-17-16-24-19-6-2-1-5-18(17)19)25-10-12-26(13-11-25)23(29)20-7-3-9-27(20)33(30,31)22-8-4-14-32-22/h1-2,4-6,8,14,16,20,24H,3,7,9-13,15H2. The van der Waals surface area contributed by atoms with Crippen LogP contribution in [-0.4, -0.2) is 78.1 Å².